The van der Waals surface area contributed by atoms with Crippen molar-refractivity contribution in [1.29, 1.82) is 0 Å². The summed E-state index contributed by atoms with van der Waals surface area (Å²) in [5, 5.41) is 3.69. The maximum Gasteiger partial charge on any atom is 0.129 e. The second kappa shape index (κ2) is 5.89. The molecular weight excluding hydrogens is 245 g/mol. The van der Waals surface area contributed by atoms with Crippen LogP contribution in [0.2, 0.25) is 5.02 Å². The topological polar surface area (TPSA) is 12.0 Å². The lowest BCUT2D eigenvalue weighted by molar-refractivity contribution is 0.559. The van der Waals surface area contributed by atoms with Crippen LogP contribution in [0.5, 0.6) is 0 Å². The quantitative estimate of drug-likeness (QED) is 0.867. The van der Waals surface area contributed by atoms with E-state index in [1.807, 2.05) is 0 Å². The molecule has 0 bridgehead atoms. The molecule has 0 saturated heterocycles. The zero-order chi connectivity index (χ0) is 12.2. The largest absolute Gasteiger partial charge is 0.311 e. The standard InChI is InChI=1S/C12H17ClFNS/c1-12(2,16-3)8-15-7-9-4-5-10(13)6-11(9)14/h4-6,15H,7-8H2,1-3H3. The molecule has 0 amide bonds. The summed E-state index contributed by atoms with van der Waals surface area (Å²) in [5.74, 6) is -0.248. The van der Waals surface area contributed by atoms with Crippen molar-refractivity contribution in [3.8, 4) is 0 Å². The summed E-state index contributed by atoms with van der Waals surface area (Å²) >= 11 is 7.47. The SMILES string of the molecule is CSC(C)(C)CNCc1ccc(Cl)cc1F. The highest BCUT2D eigenvalue weighted by molar-refractivity contribution is 7.99. The van der Waals surface area contributed by atoms with E-state index >= 15 is 0 Å². The first-order valence-corrected chi connectivity index (χ1v) is 6.75. The maximum absolute atomic E-state index is 13.4. The molecule has 1 rings (SSSR count). The van der Waals surface area contributed by atoms with Crippen molar-refractivity contribution in [2.45, 2.75) is 25.1 Å². The van der Waals surface area contributed by atoms with E-state index in [0.717, 1.165) is 6.54 Å². The van der Waals surface area contributed by atoms with Crippen molar-refractivity contribution in [3.63, 3.8) is 0 Å². The Kier molecular flexibility index (Phi) is 5.09. The molecule has 1 aromatic carbocycles. The van der Waals surface area contributed by atoms with Crippen LogP contribution in [-0.4, -0.2) is 17.5 Å². The van der Waals surface area contributed by atoms with Gasteiger partial charge in [0.1, 0.15) is 5.82 Å². The van der Waals surface area contributed by atoms with E-state index in [1.165, 1.54) is 6.07 Å². The van der Waals surface area contributed by atoms with Gasteiger partial charge in [-0.05, 0) is 32.2 Å². The minimum Gasteiger partial charge on any atom is -0.311 e. The Labute approximate surface area is 106 Å². The molecule has 1 N–H and O–H groups in total. The lowest BCUT2D eigenvalue weighted by Gasteiger charge is -2.22. The Bertz CT molecular complexity index is 355. The summed E-state index contributed by atoms with van der Waals surface area (Å²) in [7, 11) is 0. The minimum atomic E-state index is -0.248. The number of benzene rings is 1. The number of nitrogens with one attached hydrogen (secondary N) is 1. The average molecular weight is 262 g/mol. The molecular formula is C12H17ClFNS. The molecule has 4 heteroatoms. The monoisotopic (exact) mass is 261 g/mol. The molecule has 90 valence electrons. The van der Waals surface area contributed by atoms with Crippen LogP contribution >= 0.6 is 23.4 Å². The first kappa shape index (κ1) is 13.8. The molecule has 0 aliphatic rings. The van der Waals surface area contributed by atoms with Crippen LogP contribution in [0.1, 0.15) is 19.4 Å². The van der Waals surface area contributed by atoms with Gasteiger partial charge in [-0.2, -0.15) is 11.8 Å². The van der Waals surface area contributed by atoms with E-state index in [0.29, 0.717) is 17.1 Å². The van der Waals surface area contributed by atoms with Crippen LogP contribution in [0.4, 0.5) is 4.39 Å². The van der Waals surface area contributed by atoms with E-state index in [2.05, 4.69) is 25.4 Å². The summed E-state index contributed by atoms with van der Waals surface area (Å²) in [6.45, 7) is 5.69. The van der Waals surface area contributed by atoms with Crippen molar-refractivity contribution in [1.82, 2.24) is 5.32 Å². The summed E-state index contributed by atoms with van der Waals surface area (Å²) in [6, 6.07) is 4.77. The van der Waals surface area contributed by atoms with Gasteiger partial charge in [0.15, 0.2) is 0 Å². The van der Waals surface area contributed by atoms with Crippen molar-refractivity contribution < 1.29 is 4.39 Å². The molecule has 1 aromatic rings. The van der Waals surface area contributed by atoms with E-state index in [1.54, 1.807) is 23.9 Å². The smallest absolute Gasteiger partial charge is 0.129 e. The maximum atomic E-state index is 13.4. The predicted octanol–water partition coefficient (Wildman–Crippen LogP) is 3.71. The number of rotatable bonds is 5. The van der Waals surface area contributed by atoms with Crippen molar-refractivity contribution in [3.05, 3.63) is 34.6 Å². The summed E-state index contributed by atoms with van der Waals surface area (Å²) < 4.78 is 13.6. The molecule has 0 aliphatic carbocycles. The molecule has 0 aliphatic heterocycles. The predicted molar refractivity (Wildman–Crippen MR) is 70.7 cm³/mol. The average Bonchev–Trinajstić information content (AvgIpc) is 2.21. The number of thioether (sulfide) groups is 1. The highest BCUT2D eigenvalue weighted by Gasteiger charge is 2.15. The molecule has 0 radical (unpaired) electrons. The van der Waals surface area contributed by atoms with E-state index in [9.17, 15) is 4.39 Å². The van der Waals surface area contributed by atoms with Gasteiger partial charge in [0, 0.05) is 28.4 Å². The molecule has 0 heterocycles. The third-order valence-corrected chi connectivity index (χ3v) is 3.92. The van der Waals surface area contributed by atoms with Crippen molar-refractivity contribution >= 4 is 23.4 Å². The molecule has 0 aromatic heterocycles. The molecule has 0 spiro atoms. The van der Waals surface area contributed by atoms with Crippen LogP contribution in [0.25, 0.3) is 0 Å². The van der Waals surface area contributed by atoms with Gasteiger partial charge < -0.3 is 5.32 Å². The first-order chi connectivity index (χ1) is 7.44. The Morgan fingerprint density at radius 1 is 1.44 bits per heavy atom. The Morgan fingerprint density at radius 3 is 2.69 bits per heavy atom. The fourth-order valence-electron chi connectivity index (χ4n) is 1.24. The van der Waals surface area contributed by atoms with Crippen LogP contribution in [-0.2, 0) is 6.54 Å². The molecule has 16 heavy (non-hydrogen) atoms. The van der Waals surface area contributed by atoms with Gasteiger partial charge in [-0.1, -0.05) is 17.7 Å². The number of halogens is 2. The second-order valence-corrected chi connectivity index (χ2v) is 6.25. The highest BCUT2D eigenvalue weighted by Crippen LogP contribution is 2.20. The van der Waals surface area contributed by atoms with Crippen LogP contribution in [0.15, 0.2) is 18.2 Å². The number of hydrogen-bond acceptors (Lipinski definition) is 2. The fourth-order valence-corrected chi connectivity index (χ4v) is 1.64. The Balaban J connectivity index is 2.49. The van der Waals surface area contributed by atoms with Crippen molar-refractivity contribution in [2.24, 2.45) is 0 Å². The van der Waals surface area contributed by atoms with E-state index < -0.39 is 0 Å². The normalized spacial score (nSPS) is 11.8. The summed E-state index contributed by atoms with van der Waals surface area (Å²) in [5.41, 5.74) is 0.654. The summed E-state index contributed by atoms with van der Waals surface area (Å²) in [6.07, 6.45) is 2.07. The Morgan fingerprint density at radius 2 is 2.12 bits per heavy atom. The zero-order valence-electron chi connectivity index (χ0n) is 9.81. The molecule has 0 saturated carbocycles. The van der Waals surface area contributed by atoms with Crippen LogP contribution in [0, 0.1) is 5.82 Å². The first-order valence-electron chi connectivity index (χ1n) is 5.14. The minimum absolute atomic E-state index is 0.170. The van der Waals surface area contributed by atoms with Gasteiger partial charge in [-0.3, -0.25) is 0 Å². The van der Waals surface area contributed by atoms with Crippen LogP contribution in [0.3, 0.4) is 0 Å². The molecule has 0 fully saturated rings. The lowest BCUT2D eigenvalue weighted by Crippen LogP contribution is -2.31. The lowest BCUT2D eigenvalue weighted by atomic mass is 10.2. The van der Waals surface area contributed by atoms with Gasteiger partial charge in [0.05, 0.1) is 0 Å². The number of hydrogen-bond donors (Lipinski definition) is 1. The van der Waals surface area contributed by atoms with Crippen molar-refractivity contribution in [2.75, 3.05) is 12.8 Å². The molecule has 0 unspecified atom stereocenters. The second-order valence-electron chi connectivity index (χ2n) is 4.30. The molecule has 1 nitrogen and oxygen atoms in total. The van der Waals surface area contributed by atoms with Crippen LogP contribution < -0.4 is 5.32 Å². The third-order valence-electron chi connectivity index (χ3n) is 2.43. The van der Waals surface area contributed by atoms with Gasteiger partial charge in [0.2, 0.25) is 0 Å². The third kappa shape index (κ3) is 4.32. The summed E-state index contributed by atoms with van der Waals surface area (Å²) in [4.78, 5) is 0. The highest BCUT2D eigenvalue weighted by atomic mass is 35.5. The molecule has 0 atom stereocenters. The van der Waals surface area contributed by atoms with Gasteiger partial charge in [-0.25, -0.2) is 4.39 Å². The zero-order valence-corrected chi connectivity index (χ0v) is 11.4. The Hall–Kier alpha value is -0.250. The fraction of sp³-hybridized carbons (Fsp3) is 0.500. The van der Waals surface area contributed by atoms with Gasteiger partial charge in [-0.15, -0.1) is 0 Å². The van der Waals surface area contributed by atoms with Gasteiger partial charge >= 0.3 is 0 Å². The van der Waals surface area contributed by atoms with E-state index in [-0.39, 0.29) is 10.6 Å². The van der Waals surface area contributed by atoms with E-state index in [4.69, 9.17) is 11.6 Å². The van der Waals surface area contributed by atoms with Gasteiger partial charge in [0.25, 0.3) is 0 Å².